The summed E-state index contributed by atoms with van der Waals surface area (Å²) in [6, 6.07) is 12.8. The Hall–Kier alpha value is -2.53. The molecule has 0 fully saturated rings. The molecule has 0 bridgehead atoms. The molecule has 0 atom stereocenters. The molecule has 0 radical (unpaired) electrons. The Morgan fingerprint density at radius 1 is 1.04 bits per heavy atom. The number of esters is 1. The van der Waals surface area contributed by atoms with Crippen LogP contribution < -0.4 is 10.1 Å². The third kappa shape index (κ3) is 6.85. The molecule has 25 heavy (non-hydrogen) atoms. The second-order valence-electron chi connectivity index (χ2n) is 5.68. The van der Waals surface area contributed by atoms with Gasteiger partial charge in [-0.2, -0.15) is 0 Å². The van der Waals surface area contributed by atoms with Gasteiger partial charge in [-0.1, -0.05) is 29.8 Å². The van der Waals surface area contributed by atoms with Crippen LogP contribution in [0.15, 0.2) is 42.5 Å². The Bertz CT molecular complexity index is 741. The van der Waals surface area contributed by atoms with Crippen LogP contribution in [0, 0.1) is 13.8 Å². The molecule has 0 aliphatic heterocycles. The lowest BCUT2D eigenvalue weighted by atomic mass is 10.1. The number of ether oxygens (including phenoxy) is 2. The van der Waals surface area contributed by atoms with Crippen molar-refractivity contribution in [3.05, 3.63) is 64.2 Å². The van der Waals surface area contributed by atoms with E-state index in [1.165, 1.54) is 0 Å². The van der Waals surface area contributed by atoms with E-state index in [-0.39, 0.29) is 19.1 Å². The van der Waals surface area contributed by atoms with Gasteiger partial charge in [-0.15, -0.1) is 0 Å². The summed E-state index contributed by atoms with van der Waals surface area (Å²) in [5.74, 6) is -0.392. The van der Waals surface area contributed by atoms with Crippen molar-refractivity contribution in [3.8, 4) is 5.75 Å². The van der Waals surface area contributed by atoms with Gasteiger partial charge < -0.3 is 14.8 Å². The Kier molecular flexibility index (Phi) is 6.83. The average molecular weight is 362 g/mol. The summed E-state index contributed by atoms with van der Waals surface area (Å²) in [6.45, 7) is 3.61. The van der Waals surface area contributed by atoms with E-state index in [1.54, 1.807) is 18.2 Å². The van der Waals surface area contributed by atoms with Crippen molar-refractivity contribution < 1.29 is 19.1 Å². The van der Waals surface area contributed by atoms with Crippen LogP contribution >= 0.6 is 11.6 Å². The Morgan fingerprint density at radius 3 is 2.44 bits per heavy atom. The Balaban J connectivity index is 1.69. The minimum atomic E-state index is -0.600. The highest BCUT2D eigenvalue weighted by Crippen LogP contribution is 2.16. The van der Waals surface area contributed by atoms with Gasteiger partial charge >= 0.3 is 5.97 Å². The van der Waals surface area contributed by atoms with E-state index in [9.17, 15) is 9.59 Å². The first-order chi connectivity index (χ1) is 11.9. The summed E-state index contributed by atoms with van der Waals surface area (Å²) in [5.41, 5.74) is 2.96. The topological polar surface area (TPSA) is 64.6 Å². The van der Waals surface area contributed by atoms with Crippen molar-refractivity contribution >= 4 is 23.5 Å². The fourth-order valence-corrected chi connectivity index (χ4v) is 2.46. The highest BCUT2D eigenvalue weighted by atomic mass is 35.5. The summed E-state index contributed by atoms with van der Waals surface area (Å²) in [4.78, 5) is 23.4. The first kappa shape index (κ1) is 18.8. The van der Waals surface area contributed by atoms with Crippen LogP contribution in [-0.4, -0.2) is 25.1 Å². The van der Waals surface area contributed by atoms with E-state index in [4.69, 9.17) is 21.1 Å². The smallest absolute Gasteiger partial charge is 0.344 e. The fourth-order valence-electron chi connectivity index (χ4n) is 2.24. The molecule has 0 unspecified atom stereocenters. The van der Waals surface area contributed by atoms with E-state index in [1.807, 2.05) is 38.1 Å². The molecule has 0 aliphatic carbocycles. The first-order valence-electron chi connectivity index (χ1n) is 7.80. The fraction of sp³-hybridized carbons (Fsp3) is 0.263. The number of carbonyl (C=O) groups is 2. The zero-order valence-electron chi connectivity index (χ0n) is 14.2. The number of halogens is 1. The van der Waals surface area contributed by atoms with E-state index < -0.39 is 5.97 Å². The van der Waals surface area contributed by atoms with Gasteiger partial charge in [0.05, 0.1) is 0 Å². The van der Waals surface area contributed by atoms with Gasteiger partial charge in [-0.3, -0.25) is 4.79 Å². The van der Waals surface area contributed by atoms with Crippen molar-refractivity contribution in [2.45, 2.75) is 20.4 Å². The van der Waals surface area contributed by atoms with Crippen LogP contribution in [0.5, 0.6) is 5.75 Å². The molecule has 2 aromatic carbocycles. The Morgan fingerprint density at radius 2 is 1.76 bits per heavy atom. The summed E-state index contributed by atoms with van der Waals surface area (Å²) < 4.78 is 10.3. The minimum absolute atomic E-state index is 0.246. The predicted molar refractivity (Wildman–Crippen MR) is 95.7 cm³/mol. The summed E-state index contributed by atoms with van der Waals surface area (Å²) >= 11 is 5.87. The van der Waals surface area contributed by atoms with E-state index in [0.29, 0.717) is 17.3 Å². The third-order valence-electron chi connectivity index (χ3n) is 3.29. The average Bonchev–Trinajstić information content (AvgIpc) is 2.55. The monoisotopic (exact) mass is 361 g/mol. The van der Waals surface area contributed by atoms with Gasteiger partial charge in [0, 0.05) is 11.6 Å². The minimum Gasteiger partial charge on any atom is -0.482 e. The van der Waals surface area contributed by atoms with Crippen LogP contribution in [0.1, 0.15) is 16.7 Å². The Labute approximate surface area is 151 Å². The number of amides is 1. The summed E-state index contributed by atoms with van der Waals surface area (Å²) in [5, 5.41) is 3.25. The molecule has 2 rings (SSSR count). The molecule has 2 aromatic rings. The van der Waals surface area contributed by atoms with E-state index in [0.717, 1.165) is 16.7 Å². The molecule has 0 aromatic heterocycles. The largest absolute Gasteiger partial charge is 0.482 e. The molecule has 0 spiro atoms. The van der Waals surface area contributed by atoms with E-state index in [2.05, 4.69) is 5.32 Å². The van der Waals surface area contributed by atoms with Gasteiger partial charge in [-0.25, -0.2) is 4.79 Å². The summed E-state index contributed by atoms with van der Waals surface area (Å²) in [6.07, 6.45) is 0. The van der Waals surface area contributed by atoms with Gasteiger partial charge in [0.2, 0.25) is 0 Å². The predicted octanol–water partition coefficient (Wildman–Crippen LogP) is 3.20. The normalized spacial score (nSPS) is 10.2. The molecular weight excluding hydrogens is 342 g/mol. The van der Waals surface area contributed by atoms with Crippen LogP contribution in [-0.2, 0) is 20.9 Å². The van der Waals surface area contributed by atoms with Crippen molar-refractivity contribution in [1.29, 1.82) is 0 Å². The lowest BCUT2D eigenvalue weighted by Gasteiger charge is -2.09. The van der Waals surface area contributed by atoms with Gasteiger partial charge in [0.1, 0.15) is 5.75 Å². The van der Waals surface area contributed by atoms with Crippen molar-refractivity contribution in [2.75, 3.05) is 13.2 Å². The number of benzene rings is 2. The first-order valence-corrected chi connectivity index (χ1v) is 8.18. The molecule has 5 nitrogen and oxygen atoms in total. The lowest BCUT2D eigenvalue weighted by Crippen LogP contribution is -2.29. The van der Waals surface area contributed by atoms with Crippen molar-refractivity contribution in [3.63, 3.8) is 0 Å². The number of hydrogen-bond acceptors (Lipinski definition) is 4. The molecule has 132 valence electrons. The second kappa shape index (κ2) is 9.08. The van der Waals surface area contributed by atoms with Crippen LogP contribution in [0.2, 0.25) is 5.02 Å². The zero-order chi connectivity index (χ0) is 18.2. The summed E-state index contributed by atoms with van der Waals surface area (Å²) in [7, 11) is 0. The van der Waals surface area contributed by atoms with Crippen molar-refractivity contribution in [1.82, 2.24) is 5.32 Å². The number of aryl methyl sites for hydroxylation is 2. The number of rotatable bonds is 7. The quantitative estimate of drug-likeness (QED) is 0.769. The van der Waals surface area contributed by atoms with Crippen molar-refractivity contribution in [2.24, 2.45) is 0 Å². The number of nitrogens with one attached hydrogen (secondary N) is 1. The SMILES string of the molecule is Cc1cc(C)cc(OCC(=O)OCC(=O)NCc2cccc(Cl)c2)c1. The molecule has 1 amide bonds. The lowest BCUT2D eigenvalue weighted by molar-refractivity contribution is -0.150. The van der Waals surface area contributed by atoms with E-state index >= 15 is 0 Å². The van der Waals surface area contributed by atoms with Crippen LogP contribution in [0.25, 0.3) is 0 Å². The van der Waals surface area contributed by atoms with Gasteiger partial charge in [0.25, 0.3) is 5.91 Å². The maximum atomic E-state index is 11.7. The molecule has 6 heteroatoms. The molecule has 0 saturated heterocycles. The molecule has 0 saturated carbocycles. The molecule has 0 heterocycles. The van der Waals surface area contributed by atoms with Crippen LogP contribution in [0.4, 0.5) is 0 Å². The van der Waals surface area contributed by atoms with Gasteiger partial charge in [0.15, 0.2) is 13.2 Å². The third-order valence-corrected chi connectivity index (χ3v) is 3.53. The maximum Gasteiger partial charge on any atom is 0.344 e. The highest BCUT2D eigenvalue weighted by Gasteiger charge is 2.09. The molecule has 0 aliphatic rings. The zero-order valence-corrected chi connectivity index (χ0v) is 14.9. The number of carbonyl (C=O) groups excluding carboxylic acids is 2. The number of hydrogen-bond donors (Lipinski definition) is 1. The molecule has 1 N–H and O–H groups in total. The highest BCUT2D eigenvalue weighted by molar-refractivity contribution is 6.30. The second-order valence-corrected chi connectivity index (χ2v) is 6.12. The maximum absolute atomic E-state index is 11.7. The molecular formula is C19H20ClNO4. The standard InChI is InChI=1S/C19H20ClNO4/c1-13-6-14(2)8-17(7-13)24-12-19(23)25-11-18(22)21-10-15-4-3-5-16(20)9-15/h3-9H,10-12H2,1-2H3,(H,21,22). The van der Waals surface area contributed by atoms with Crippen LogP contribution in [0.3, 0.4) is 0 Å². The van der Waals surface area contributed by atoms with Gasteiger partial charge in [-0.05, 0) is 54.8 Å².